The molecule has 140 valence electrons. The molecular formula is C24H39N. The zero-order chi connectivity index (χ0) is 18.3. The van der Waals surface area contributed by atoms with Crippen LogP contribution in [-0.2, 0) is 12.0 Å². The van der Waals surface area contributed by atoms with Gasteiger partial charge in [0, 0.05) is 18.3 Å². The van der Waals surface area contributed by atoms with Crippen LogP contribution >= 0.6 is 0 Å². The lowest BCUT2D eigenvalue weighted by atomic mass is 9.73. The van der Waals surface area contributed by atoms with Gasteiger partial charge in [-0.15, -0.1) is 0 Å². The highest BCUT2D eigenvalue weighted by Gasteiger charge is 2.32. The number of allylic oxidation sites excluding steroid dienone is 1. The molecule has 2 rings (SSSR count). The van der Waals surface area contributed by atoms with Crippen LogP contribution in [-0.4, -0.2) is 4.57 Å². The van der Waals surface area contributed by atoms with Gasteiger partial charge in [0.15, 0.2) is 0 Å². The molecule has 2 heterocycles. The van der Waals surface area contributed by atoms with E-state index in [1.807, 2.05) is 0 Å². The van der Waals surface area contributed by atoms with Gasteiger partial charge in [0.2, 0.25) is 0 Å². The highest BCUT2D eigenvalue weighted by atomic mass is 15.0. The van der Waals surface area contributed by atoms with Crippen LogP contribution in [0.4, 0.5) is 0 Å². The van der Waals surface area contributed by atoms with Gasteiger partial charge in [0.25, 0.3) is 0 Å². The van der Waals surface area contributed by atoms with E-state index < -0.39 is 0 Å². The molecule has 25 heavy (non-hydrogen) atoms. The molecule has 0 unspecified atom stereocenters. The van der Waals surface area contributed by atoms with Crippen LogP contribution in [0.2, 0.25) is 0 Å². The van der Waals surface area contributed by atoms with Crippen LogP contribution in [0.25, 0.3) is 11.6 Å². The van der Waals surface area contributed by atoms with E-state index in [4.69, 9.17) is 0 Å². The van der Waals surface area contributed by atoms with Gasteiger partial charge in [-0.2, -0.15) is 0 Å². The van der Waals surface area contributed by atoms with Crippen molar-refractivity contribution in [1.82, 2.24) is 4.57 Å². The molecule has 0 fully saturated rings. The molecule has 0 saturated carbocycles. The van der Waals surface area contributed by atoms with E-state index in [2.05, 4.69) is 50.8 Å². The number of aromatic nitrogens is 1. The Labute approximate surface area is 156 Å². The Balaban J connectivity index is 2.23. The molecule has 1 aromatic heterocycles. The lowest BCUT2D eigenvalue weighted by Crippen LogP contribution is -2.23. The third kappa shape index (κ3) is 4.68. The number of rotatable bonds is 12. The monoisotopic (exact) mass is 341 g/mol. The Bertz CT molecular complexity index is 563. The fourth-order valence-electron chi connectivity index (χ4n) is 4.48. The Hall–Kier alpha value is -1.24. The summed E-state index contributed by atoms with van der Waals surface area (Å²) in [6.45, 7) is 16.6. The van der Waals surface area contributed by atoms with E-state index in [1.54, 1.807) is 0 Å². The van der Waals surface area contributed by atoms with Gasteiger partial charge < -0.3 is 4.57 Å². The molecule has 0 atom stereocenters. The van der Waals surface area contributed by atoms with Gasteiger partial charge in [0.05, 0.1) is 5.69 Å². The van der Waals surface area contributed by atoms with Crippen LogP contribution in [0.5, 0.6) is 0 Å². The Morgan fingerprint density at radius 1 is 1.04 bits per heavy atom. The minimum Gasteiger partial charge on any atom is -0.347 e. The molecule has 1 nitrogen and oxygen atoms in total. The molecule has 0 radical (unpaired) electrons. The van der Waals surface area contributed by atoms with E-state index in [0.717, 1.165) is 13.0 Å². The molecule has 1 aliphatic heterocycles. The highest BCUT2D eigenvalue weighted by molar-refractivity contribution is 5.75. The van der Waals surface area contributed by atoms with Crippen molar-refractivity contribution < 1.29 is 0 Å². The predicted molar refractivity (Wildman–Crippen MR) is 113 cm³/mol. The molecule has 0 N–H and O–H groups in total. The Kier molecular flexibility index (Phi) is 7.59. The van der Waals surface area contributed by atoms with Gasteiger partial charge in [-0.05, 0) is 35.8 Å². The number of fused-ring (bicyclic) bond motifs is 1. The number of hydrogen-bond donors (Lipinski definition) is 0. The van der Waals surface area contributed by atoms with Crippen molar-refractivity contribution in [2.75, 3.05) is 0 Å². The second-order valence-corrected chi connectivity index (χ2v) is 8.24. The van der Waals surface area contributed by atoms with Crippen molar-refractivity contribution in [1.29, 1.82) is 0 Å². The van der Waals surface area contributed by atoms with Crippen molar-refractivity contribution >= 4 is 11.6 Å². The molecule has 0 aromatic carbocycles. The summed E-state index contributed by atoms with van der Waals surface area (Å²) in [7, 11) is 0. The van der Waals surface area contributed by atoms with E-state index in [9.17, 15) is 0 Å². The first-order valence-electron chi connectivity index (χ1n) is 10.6. The van der Waals surface area contributed by atoms with Crippen molar-refractivity contribution in [2.45, 2.75) is 103 Å². The van der Waals surface area contributed by atoms with Crippen LogP contribution in [0.15, 0.2) is 19.4 Å². The summed E-state index contributed by atoms with van der Waals surface area (Å²) < 4.78 is 2.44. The van der Waals surface area contributed by atoms with E-state index in [0.29, 0.717) is 0 Å². The van der Waals surface area contributed by atoms with E-state index in [1.165, 1.54) is 86.6 Å². The Morgan fingerprint density at radius 3 is 2.16 bits per heavy atom. The average Bonchev–Trinajstić information content (AvgIpc) is 3.16. The SMILES string of the molecule is C=Cc1c(C(C)(CCCCCC)CCCCCC)cn2c1C(=C)CC2. The molecule has 0 saturated heterocycles. The zero-order valence-corrected chi connectivity index (χ0v) is 17.0. The molecule has 1 heteroatoms. The predicted octanol–water partition coefficient (Wildman–Crippen LogP) is 7.75. The maximum absolute atomic E-state index is 4.30. The van der Waals surface area contributed by atoms with Gasteiger partial charge in [0.1, 0.15) is 0 Å². The number of nitrogens with zero attached hydrogens (tertiary/aromatic N) is 1. The maximum atomic E-state index is 4.30. The van der Waals surface area contributed by atoms with Crippen LogP contribution < -0.4 is 0 Å². The number of unbranched alkanes of at least 4 members (excludes halogenated alkanes) is 6. The minimum atomic E-state index is 0.280. The van der Waals surface area contributed by atoms with E-state index >= 15 is 0 Å². The second kappa shape index (κ2) is 9.46. The fraction of sp³-hybridized carbons (Fsp3) is 0.667. The fourth-order valence-corrected chi connectivity index (χ4v) is 4.48. The van der Waals surface area contributed by atoms with Crippen LogP contribution in [0.3, 0.4) is 0 Å². The number of aryl methyl sites for hydroxylation is 1. The van der Waals surface area contributed by atoms with Crippen LogP contribution in [0.1, 0.15) is 108 Å². The topological polar surface area (TPSA) is 4.93 Å². The summed E-state index contributed by atoms with van der Waals surface area (Å²) in [5.41, 5.74) is 5.84. The summed E-state index contributed by atoms with van der Waals surface area (Å²) in [6, 6.07) is 0. The summed E-state index contributed by atoms with van der Waals surface area (Å²) in [6.07, 6.45) is 19.0. The molecule has 0 amide bonds. The summed E-state index contributed by atoms with van der Waals surface area (Å²) in [5.74, 6) is 0. The van der Waals surface area contributed by atoms with Gasteiger partial charge >= 0.3 is 0 Å². The van der Waals surface area contributed by atoms with Crippen molar-refractivity contribution in [3.8, 4) is 0 Å². The second-order valence-electron chi connectivity index (χ2n) is 8.24. The first kappa shape index (κ1) is 20.1. The number of hydrogen-bond acceptors (Lipinski definition) is 0. The maximum Gasteiger partial charge on any atom is 0.0510 e. The normalized spacial score (nSPS) is 14.1. The third-order valence-corrected chi connectivity index (χ3v) is 6.13. The van der Waals surface area contributed by atoms with Crippen LogP contribution in [0, 0.1) is 0 Å². The molecular weight excluding hydrogens is 302 g/mol. The largest absolute Gasteiger partial charge is 0.347 e. The lowest BCUT2D eigenvalue weighted by Gasteiger charge is -2.31. The van der Waals surface area contributed by atoms with Gasteiger partial charge in [-0.25, -0.2) is 0 Å². The third-order valence-electron chi connectivity index (χ3n) is 6.13. The standard InChI is InChI=1S/C24H39N/c1-6-9-11-13-16-24(5,17-14-12-10-7-2)22-19-25-18-15-20(4)23(25)21(22)8-3/h8,19H,3-4,6-7,9-18H2,1-2,5H3. The van der Waals surface area contributed by atoms with Crippen molar-refractivity contribution in [3.63, 3.8) is 0 Å². The molecule has 0 bridgehead atoms. The quantitative estimate of drug-likeness (QED) is 0.342. The summed E-state index contributed by atoms with van der Waals surface area (Å²) in [4.78, 5) is 0. The molecule has 1 aromatic rings. The summed E-state index contributed by atoms with van der Waals surface area (Å²) >= 11 is 0. The summed E-state index contributed by atoms with van der Waals surface area (Å²) in [5, 5.41) is 0. The zero-order valence-electron chi connectivity index (χ0n) is 17.0. The minimum absolute atomic E-state index is 0.280. The highest BCUT2D eigenvalue weighted by Crippen LogP contribution is 2.43. The Morgan fingerprint density at radius 2 is 1.64 bits per heavy atom. The van der Waals surface area contributed by atoms with Crippen molar-refractivity contribution in [3.05, 3.63) is 36.2 Å². The van der Waals surface area contributed by atoms with Gasteiger partial charge in [-0.3, -0.25) is 0 Å². The first-order valence-corrected chi connectivity index (χ1v) is 10.6. The molecule has 0 aliphatic carbocycles. The average molecular weight is 342 g/mol. The first-order chi connectivity index (χ1) is 12.1. The lowest BCUT2D eigenvalue weighted by molar-refractivity contribution is 0.363. The van der Waals surface area contributed by atoms with E-state index in [-0.39, 0.29) is 5.41 Å². The van der Waals surface area contributed by atoms with Gasteiger partial charge in [-0.1, -0.05) is 91.4 Å². The van der Waals surface area contributed by atoms with Crippen molar-refractivity contribution in [2.24, 2.45) is 0 Å². The molecule has 1 aliphatic rings. The molecule has 0 spiro atoms. The smallest absolute Gasteiger partial charge is 0.0510 e.